The Hall–Kier alpha value is -1.75. The summed E-state index contributed by atoms with van der Waals surface area (Å²) in [5.74, 6) is -0.835. The first-order chi connectivity index (χ1) is 8.35. The highest BCUT2D eigenvalue weighted by atomic mass is 16.3. The molecule has 0 radical (unpaired) electrons. The van der Waals surface area contributed by atoms with Gasteiger partial charge in [0.15, 0.2) is 0 Å². The molecule has 1 aromatic carbocycles. The molecular formula is C13H19NO4. The van der Waals surface area contributed by atoms with Crippen molar-refractivity contribution in [3.63, 3.8) is 0 Å². The van der Waals surface area contributed by atoms with Gasteiger partial charge in [-0.05, 0) is 31.5 Å². The number of phenolic OH excluding ortho intramolecular Hbond substituents is 2. The summed E-state index contributed by atoms with van der Waals surface area (Å²) in [7, 11) is 0. The molecule has 1 aromatic rings. The molecule has 100 valence electrons. The van der Waals surface area contributed by atoms with Crippen LogP contribution in [0.15, 0.2) is 18.2 Å². The maximum Gasteiger partial charge on any atom is 0.255 e. The van der Waals surface area contributed by atoms with Gasteiger partial charge >= 0.3 is 0 Å². The number of hydrogen-bond donors (Lipinski definition) is 4. The Kier molecular flexibility index (Phi) is 4.55. The predicted octanol–water partition coefficient (Wildman–Crippen LogP) is 1.38. The quantitative estimate of drug-likeness (QED) is 0.597. The number of carbonyl (C=O) groups is 1. The van der Waals surface area contributed by atoms with Crippen LogP contribution in [0, 0.1) is 0 Å². The van der Waals surface area contributed by atoms with E-state index in [1.54, 1.807) is 6.92 Å². The number of phenols is 2. The third-order valence-electron chi connectivity index (χ3n) is 2.64. The van der Waals surface area contributed by atoms with Crippen molar-refractivity contribution >= 4 is 5.91 Å². The van der Waals surface area contributed by atoms with E-state index in [2.05, 4.69) is 5.32 Å². The number of amides is 1. The van der Waals surface area contributed by atoms with Crippen molar-refractivity contribution in [3.05, 3.63) is 23.8 Å². The van der Waals surface area contributed by atoms with E-state index in [9.17, 15) is 20.1 Å². The Labute approximate surface area is 106 Å². The molecule has 0 spiro atoms. The molecule has 1 unspecified atom stereocenters. The molecule has 0 heterocycles. The minimum Gasteiger partial charge on any atom is -0.508 e. The second-order valence-electron chi connectivity index (χ2n) is 4.63. The summed E-state index contributed by atoms with van der Waals surface area (Å²) in [4.78, 5) is 11.8. The van der Waals surface area contributed by atoms with Gasteiger partial charge in [0.05, 0.1) is 11.2 Å². The van der Waals surface area contributed by atoms with Gasteiger partial charge in [-0.3, -0.25) is 4.79 Å². The highest BCUT2D eigenvalue weighted by Gasteiger charge is 2.21. The number of nitrogens with one attached hydrogen (secondary N) is 1. The Morgan fingerprint density at radius 3 is 2.67 bits per heavy atom. The molecule has 0 aliphatic heterocycles. The number of aromatic hydroxyl groups is 2. The number of benzene rings is 1. The van der Waals surface area contributed by atoms with Crippen LogP contribution in [0.1, 0.15) is 37.0 Å². The van der Waals surface area contributed by atoms with Gasteiger partial charge in [0.25, 0.3) is 5.91 Å². The molecule has 5 nitrogen and oxygen atoms in total. The Morgan fingerprint density at radius 2 is 2.06 bits per heavy atom. The summed E-state index contributed by atoms with van der Waals surface area (Å²) in [5, 5.41) is 31.2. The van der Waals surface area contributed by atoms with Crippen LogP contribution in [0.5, 0.6) is 11.5 Å². The topological polar surface area (TPSA) is 89.8 Å². The summed E-state index contributed by atoms with van der Waals surface area (Å²) in [6.45, 7) is 3.67. The monoisotopic (exact) mass is 253 g/mol. The zero-order chi connectivity index (χ0) is 13.8. The molecule has 1 amide bonds. The minimum absolute atomic E-state index is 0.0118. The van der Waals surface area contributed by atoms with Crippen molar-refractivity contribution in [1.29, 1.82) is 0 Å². The fourth-order valence-corrected chi connectivity index (χ4v) is 1.70. The zero-order valence-corrected chi connectivity index (χ0v) is 10.6. The molecule has 18 heavy (non-hydrogen) atoms. The molecule has 0 saturated carbocycles. The second kappa shape index (κ2) is 5.73. The van der Waals surface area contributed by atoms with Crippen LogP contribution in [0.4, 0.5) is 0 Å². The standard InChI is InChI=1S/C13H19NO4/c1-3-6-13(2,18)8-14-12(17)10-7-9(15)4-5-11(10)16/h4-5,7,15-16,18H,3,6,8H2,1-2H3,(H,14,17). The first kappa shape index (κ1) is 14.3. The maximum atomic E-state index is 11.8. The van der Waals surface area contributed by atoms with E-state index in [1.807, 2.05) is 6.92 Å². The van der Waals surface area contributed by atoms with Crippen LogP contribution in [0.25, 0.3) is 0 Å². The Balaban J connectivity index is 2.69. The second-order valence-corrected chi connectivity index (χ2v) is 4.63. The molecule has 0 bridgehead atoms. The van der Waals surface area contributed by atoms with Gasteiger partial charge in [-0.25, -0.2) is 0 Å². The smallest absolute Gasteiger partial charge is 0.255 e. The SMILES string of the molecule is CCCC(C)(O)CNC(=O)c1cc(O)ccc1O. The van der Waals surface area contributed by atoms with Crippen LogP contribution in [-0.4, -0.2) is 33.4 Å². The summed E-state index contributed by atoms with van der Waals surface area (Å²) in [6, 6.07) is 3.72. The van der Waals surface area contributed by atoms with E-state index in [4.69, 9.17) is 0 Å². The largest absolute Gasteiger partial charge is 0.508 e. The molecule has 0 aliphatic carbocycles. The van der Waals surface area contributed by atoms with E-state index in [1.165, 1.54) is 18.2 Å². The van der Waals surface area contributed by atoms with E-state index in [0.29, 0.717) is 6.42 Å². The van der Waals surface area contributed by atoms with E-state index in [0.717, 1.165) is 6.42 Å². The van der Waals surface area contributed by atoms with Gasteiger partial charge in [0, 0.05) is 6.54 Å². The van der Waals surface area contributed by atoms with Crippen molar-refractivity contribution in [3.8, 4) is 11.5 Å². The number of carbonyl (C=O) groups excluding carboxylic acids is 1. The zero-order valence-electron chi connectivity index (χ0n) is 10.6. The molecule has 0 fully saturated rings. The van der Waals surface area contributed by atoms with Gasteiger partial charge in [-0.15, -0.1) is 0 Å². The predicted molar refractivity (Wildman–Crippen MR) is 67.6 cm³/mol. The fourth-order valence-electron chi connectivity index (χ4n) is 1.70. The molecule has 1 atom stereocenters. The lowest BCUT2D eigenvalue weighted by Crippen LogP contribution is -2.40. The van der Waals surface area contributed by atoms with Crippen molar-refractivity contribution in [1.82, 2.24) is 5.32 Å². The van der Waals surface area contributed by atoms with E-state index < -0.39 is 11.5 Å². The van der Waals surface area contributed by atoms with Crippen LogP contribution < -0.4 is 5.32 Å². The first-order valence-electron chi connectivity index (χ1n) is 5.88. The Morgan fingerprint density at radius 1 is 1.39 bits per heavy atom. The number of rotatable bonds is 5. The summed E-state index contributed by atoms with van der Waals surface area (Å²) in [5.41, 5.74) is -0.987. The third-order valence-corrected chi connectivity index (χ3v) is 2.64. The van der Waals surface area contributed by atoms with Crippen molar-refractivity contribution in [2.45, 2.75) is 32.3 Å². The van der Waals surface area contributed by atoms with Crippen LogP contribution >= 0.6 is 0 Å². The van der Waals surface area contributed by atoms with Crippen LogP contribution in [0.3, 0.4) is 0 Å². The van der Waals surface area contributed by atoms with Gasteiger partial charge in [-0.2, -0.15) is 0 Å². The number of aliphatic hydroxyl groups is 1. The fraction of sp³-hybridized carbons (Fsp3) is 0.462. The minimum atomic E-state index is -0.975. The highest BCUT2D eigenvalue weighted by Crippen LogP contribution is 2.22. The molecular weight excluding hydrogens is 234 g/mol. The lowest BCUT2D eigenvalue weighted by atomic mass is 10.0. The average Bonchev–Trinajstić information content (AvgIpc) is 2.29. The Bertz CT molecular complexity index is 429. The van der Waals surface area contributed by atoms with Crippen molar-refractivity contribution in [2.75, 3.05) is 6.54 Å². The molecule has 1 rings (SSSR count). The molecule has 0 aromatic heterocycles. The van der Waals surface area contributed by atoms with Gasteiger partial charge in [0.2, 0.25) is 0 Å². The maximum absolute atomic E-state index is 11.8. The summed E-state index contributed by atoms with van der Waals surface area (Å²) >= 11 is 0. The third kappa shape index (κ3) is 3.92. The normalized spacial score (nSPS) is 13.9. The number of hydrogen-bond acceptors (Lipinski definition) is 4. The van der Waals surface area contributed by atoms with Crippen LogP contribution in [-0.2, 0) is 0 Å². The van der Waals surface area contributed by atoms with E-state index >= 15 is 0 Å². The lowest BCUT2D eigenvalue weighted by Gasteiger charge is -2.23. The highest BCUT2D eigenvalue weighted by molar-refractivity contribution is 5.97. The molecule has 0 aliphatic rings. The van der Waals surface area contributed by atoms with Gasteiger partial charge in [-0.1, -0.05) is 13.3 Å². The average molecular weight is 253 g/mol. The molecule has 0 saturated heterocycles. The molecule has 5 heteroatoms. The van der Waals surface area contributed by atoms with E-state index in [-0.39, 0.29) is 23.6 Å². The van der Waals surface area contributed by atoms with Crippen molar-refractivity contribution < 1.29 is 20.1 Å². The first-order valence-corrected chi connectivity index (χ1v) is 5.88. The lowest BCUT2D eigenvalue weighted by molar-refractivity contribution is 0.0469. The van der Waals surface area contributed by atoms with Crippen molar-refractivity contribution in [2.24, 2.45) is 0 Å². The summed E-state index contributed by atoms with van der Waals surface area (Å²) in [6.07, 6.45) is 1.37. The van der Waals surface area contributed by atoms with Gasteiger partial charge < -0.3 is 20.6 Å². The van der Waals surface area contributed by atoms with Gasteiger partial charge in [0.1, 0.15) is 11.5 Å². The van der Waals surface area contributed by atoms with Crippen LogP contribution in [0.2, 0.25) is 0 Å². The molecule has 4 N–H and O–H groups in total. The summed E-state index contributed by atoms with van der Waals surface area (Å²) < 4.78 is 0.